The van der Waals surface area contributed by atoms with Crippen LogP contribution in [0.4, 0.5) is 8.78 Å². The van der Waals surface area contributed by atoms with Crippen molar-refractivity contribution in [2.75, 3.05) is 32.7 Å². The first kappa shape index (κ1) is 17.4. The van der Waals surface area contributed by atoms with Gasteiger partial charge in [0.05, 0.1) is 12.0 Å². The normalized spacial score (nSPS) is 24.4. The van der Waals surface area contributed by atoms with Gasteiger partial charge in [0.2, 0.25) is 11.8 Å². The number of rotatable bonds is 4. The summed E-state index contributed by atoms with van der Waals surface area (Å²) in [5.74, 6) is -1.18. The number of benzene rings is 1. The summed E-state index contributed by atoms with van der Waals surface area (Å²) in [6.45, 7) is 3.84. The molecule has 3 fully saturated rings. The highest BCUT2D eigenvalue weighted by Gasteiger charge is 2.43. The smallest absolute Gasteiger partial charge is 0.227 e. The van der Waals surface area contributed by atoms with Gasteiger partial charge < -0.3 is 9.80 Å². The molecule has 3 heterocycles. The Bertz CT molecular complexity index is 715. The minimum absolute atomic E-state index is 0.0418. The van der Waals surface area contributed by atoms with E-state index in [-0.39, 0.29) is 23.8 Å². The van der Waals surface area contributed by atoms with Crippen LogP contribution in [0.15, 0.2) is 18.2 Å². The molecule has 0 radical (unpaired) electrons. The van der Waals surface area contributed by atoms with Crippen LogP contribution in [0, 0.1) is 17.6 Å². The Hall–Kier alpha value is -2.02. The Kier molecular flexibility index (Phi) is 4.65. The van der Waals surface area contributed by atoms with Gasteiger partial charge in [0.1, 0.15) is 11.6 Å². The van der Waals surface area contributed by atoms with E-state index < -0.39 is 11.6 Å². The van der Waals surface area contributed by atoms with Crippen molar-refractivity contribution in [2.45, 2.75) is 31.8 Å². The lowest BCUT2D eigenvalue weighted by Gasteiger charge is -2.44. The molecule has 0 aromatic heterocycles. The van der Waals surface area contributed by atoms with Crippen molar-refractivity contribution in [3.05, 3.63) is 35.4 Å². The van der Waals surface area contributed by atoms with Crippen LogP contribution in [0.2, 0.25) is 0 Å². The summed E-state index contributed by atoms with van der Waals surface area (Å²) in [5.41, 5.74) is 0.458. The molecule has 3 aliphatic rings. The van der Waals surface area contributed by atoms with Gasteiger partial charge in [-0.2, -0.15) is 0 Å². The number of carbonyl (C=O) groups excluding carboxylic acids is 2. The number of hydrogen-bond acceptors (Lipinski definition) is 3. The van der Waals surface area contributed by atoms with E-state index >= 15 is 0 Å². The van der Waals surface area contributed by atoms with Crippen LogP contribution in [0.25, 0.3) is 0 Å². The van der Waals surface area contributed by atoms with Crippen LogP contribution >= 0.6 is 0 Å². The average molecular weight is 363 g/mol. The molecule has 5 nitrogen and oxygen atoms in total. The summed E-state index contributed by atoms with van der Waals surface area (Å²) < 4.78 is 26.7. The second-order valence-corrected chi connectivity index (χ2v) is 7.56. The summed E-state index contributed by atoms with van der Waals surface area (Å²) in [6, 6.07) is 3.70. The molecular weight excluding hydrogens is 340 g/mol. The molecular formula is C19H23F2N3O2. The van der Waals surface area contributed by atoms with E-state index in [0.29, 0.717) is 38.2 Å². The topological polar surface area (TPSA) is 43.9 Å². The molecule has 0 aliphatic carbocycles. The zero-order chi connectivity index (χ0) is 18.3. The zero-order valence-electron chi connectivity index (χ0n) is 14.7. The quantitative estimate of drug-likeness (QED) is 0.817. The largest absolute Gasteiger partial charge is 0.342 e. The summed E-state index contributed by atoms with van der Waals surface area (Å²) in [7, 11) is 0. The molecule has 1 atom stereocenters. The van der Waals surface area contributed by atoms with E-state index in [1.165, 1.54) is 12.1 Å². The van der Waals surface area contributed by atoms with E-state index in [0.717, 1.165) is 32.0 Å². The van der Waals surface area contributed by atoms with Gasteiger partial charge in [0.15, 0.2) is 0 Å². The lowest BCUT2D eigenvalue weighted by Crippen LogP contribution is -2.59. The molecule has 3 aliphatic heterocycles. The Morgan fingerprint density at radius 1 is 1.12 bits per heavy atom. The van der Waals surface area contributed by atoms with Gasteiger partial charge in [-0.1, -0.05) is 6.07 Å². The molecule has 0 saturated carbocycles. The highest BCUT2D eigenvalue weighted by Crippen LogP contribution is 2.28. The first-order valence-corrected chi connectivity index (χ1v) is 9.26. The van der Waals surface area contributed by atoms with E-state index in [1.54, 1.807) is 0 Å². The third kappa shape index (κ3) is 3.32. The fourth-order valence-corrected chi connectivity index (χ4v) is 4.21. The number of halogens is 2. The van der Waals surface area contributed by atoms with E-state index in [2.05, 4.69) is 0 Å². The molecule has 1 unspecified atom stereocenters. The zero-order valence-corrected chi connectivity index (χ0v) is 14.7. The number of amides is 2. The molecule has 26 heavy (non-hydrogen) atoms. The van der Waals surface area contributed by atoms with Gasteiger partial charge in [0.25, 0.3) is 0 Å². The minimum atomic E-state index is -0.580. The number of carbonyl (C=O) groups is 2. The molecule has 0 N–H and O–H groups in total. The molecule has 3 saturated heterocycles. The average Bonchev–Trinajstić information content (AvgIpc) is 3.21. The Balaban J connectivity index is 1.30. The Morgan fingerprint density at radius 2 is 1.85 bits per heavy atom. The highest BCUT2D eigenvalue weighted by molar-refractivity contribution is 5.89. The predicted octanol–water partition coefficient (Wildman–Crippen LogP) is 1.62. The molecule has 2 amide bonds. The Morgan fingerprint density at radius 3 is 2.54 bits per heavy atom. The molecule has 0 spiro atoms. The summed E-state index contributed by atoms with van der Waals surface area (Å²) >= 11 is 0. The number of nitrogens with zero attached hydrogens (tertiary/aromatic N) is 3. The second kappa shape index (κ2) is 6.95. The van der Waals surface area contributed by atoms with Crippen LogP contribution in [0.1, 0.15) is 24.8 Å². The van der Waals surface area contributed by atoms with E-state index in [4.69, 9.17) is 0 Å². The molecule has 0 bridgehead atoms. The van der Waals surface area contributed by atoms with Crippen molar-refractivity contribution in [3.63, 3.8) is 0 Å². The third-order valence-corrected chi connectivity index (χ3v) is 5.71. The second-order valence-electron chi connectivity index (χ2n) is 7.56. The minimum Gasteiger partial charge on any atom is -0.342 e. The SMILES string of the molecule is O=C(C1CC(=O)N(C2CN(Cc3ccc(F)cc3F)C2)C1)N1CCCC1. The van der Waals surface area contributed by atoms with Crippen LogP contribution in [-0.2, 0) is 16.1 Å². The summed E-state index contributed by atoms with van der Waals surface area (Å²) in [6.07, 6.45) is 2.40. The molecule has 7 heteroatoms. The van der Waals surface area contributed by atoms with Crippen molar-refractivity contribution in [3.8, 4) is 0 Å². The number of likely N-dealkylation sites (tertiary alicyclic amines) is 3. The molecule has 1 aromatic rings. The van der Waals surface area contributed by atoms with Gasteiger partial charge in [0, 0.05) is 57.3 Å². The molecule has 140 valence electrons. The van der Waals surface area contributed by atoms with Gasteiger partial charge in [-0.05, 0) is 18.9 Å². The molecule has 4 rings (SSSR count). The fraction of sp³-hybridized carbons (Fsp3) is 0.579. The summed E-state index contributed by atoms with van der Waals surface area (Å²) in [5, 5.41) is 0. The van der Waals surface area contributed by atoms with Crippen LogP contribution < -0.4 is 0 Å². The van der Waals surface area contributed by atoms with E-state index in [9.17, 15) is 18.4 Å². The van der Waals surface area contributed by atoms with Gasteiger partial charge in [-0.15, -0.1) is 0 Å². The maximum Gasteiger partial charge on any atom is 0.227 e. The van der Waals surface area contributed by atoms with Crippen LogP contribution in [0.3, 0.4) is 0 Å². The van der Waals surface area contributed by atoms with Crippen molar-refractivity contribution in [2.24, 2.45) is 5.92 Å². The highest BCUT2D eigenvalue weighted by atomic mass is 19.1. The maximum absolute atomic E-state index is 13.7. The van der Waals surface area contributed by atoms with Crippen molar-refractivity contribution in [1.82, 2.24) is 14.7 Å². The first-order chi connectivity index (χ1) is 12.5. The predicted molar refractivity (Wildman–Crippen MR) is 91.1 cm³/mol. The van der Waals surface area contributed by atoms with Crippen LogP contribution in [0.5, 0.6) is 0 Å². The van der Waals surface area contributed by atoms with Gasteiger partial charge in [-0.3, -0.25) is 14.5 Å². The van der Waals surface area contributed by atoms with E-state index in [1.807, 2.05) is 14.7 Å². The lowest BCUT2D eigenvalue weighted by molar-refractivity contribution is -0.135. The van der Waals surface area contributed by atoms with Crippen molar-refractivity contribution < 1.29 is 18.4 Å². The van der Waals surface area contributed by atoms with Crippen molar-refractivity contribution >= 4 is 11.8 Å². The van der Waals surface area contributed by atoms with Gasteiger partial charge in [-0.25, -0.2) is 8.78 Å². The van der Waals surface area contributed by atoms with Gasteiger partial charge >= 0.3 is 0 Å². The third-order valence-electron chi connectivity index (χ3n) is 5.71. The van der Waals surface area contributed by atoms with Crippen molar-refractivity contribution in [1.29, 1.82) is 0 Å². The monoisotopic (exact) mass is 363 g/mol. The molecule has 1 aromatic carbocycles. The first-order valence-electron chi connectivity index (χ1n) is 9.26. The Labute approximate surface area is 151 Å². The standard InChI is InChI=1S/C19H23F2N3O2/c20-15-4-3-13(17(21)8-15)9-22-11-16(12-22)24-10-14(7-18(24)25)19(26)23-5-1-2-6-23/h3-4,8,14,16H,1-2,5-7,9-12H2. The summed E-state index contributed by atoms with van der Waals surface area (Å²) in [4.78, 5) is 30.6. The fourth-order valence-electron chi connectivity index (χ4n) is 4.21. The number of hydrogen-bond donors (Lipinski definition) is 0. The lowest BCUT2D eigenvalue weighted by atomic mass is 10.0. The maximum atomic E-state index is 13.7. The van der Waals surface area contributed by atoms with Crippen LogP contribution in [-0.4, -0.2) is 65.3 Å².